The minimum absolute atomic E-state index is 0.0473. The van der Waals surface area contributed by atoms with E-state index in [4.69, 9.17) is 4.74 Å². The maximum Gasteiger partial charge on any atom is 0.240 e. The average molecular weight is 404 g/mol. The molecular formula is C24H24N2O4. The van der Waals surface area contributed by atoms with E-state index in [2.05, 4.69) is 0 Å². The number of hydrogen-bond acceptors (Lipinski definition) is 4. The summed E-state index contributed by atoms with van der Waals surface area (Å²) in [6.45, 7) is 5.61. The largest absolute Gasteiger partial charge is 0.497 e. The SMILES string of the molecule is COc1ccc2c(c1)[C@H]1[C@H]3C(=O)N(c4ccccc4)C(=O)[C@H]3[C@H]2N1C(=O)C(C)(C)C. The van der Waals surface area contributed by atoms with Gasteiger partial charge >= 0.3 is 0 Å². The molecule has 2 saturated heterocycles. The number of nitrogens with zero attached hydrogens (tertiary/aromatic N) is 2. The molecule has 0 radical (unpaired) electrons. The van der Waals surface area contributed by atoms with E-state index in [1.165, 1.54) is 4.90 Å². The lowest BCUT2D eigenvalue weighted by atomic mass is 9.77. The molecule has 0 spiro atoms. The molecule has 0 saturated carbocycles. The summed E-state index contributed by atoms with van der Waals surface area (Å²) >= 11 is 0. The third-order valence-corrected chi connectivity index (χ3v) is 6.50. The molecule has 0 aromatic heterocycles. The fraction of sp³-hybridized carbons (Fsp3) is 0.375. The van der Waals surface area contributed by atoms with E-state index in [-0.39, 0.29) is 17.7 Å². The van der Waals surface area contributed by atoms with Crippen LogP contribution in [0.5, 0.6) is 5.75 Å². The molecule has 0 aliphatic carbocycles. The maximum absolute atomic E-state index is 13.5. The van der Waals surface area contributed by atoms with Gasteiger partial charge in [0.25, 0.3) is 0 Å². The first-order valence-electron chi connectivity index (χ1n) is 10.2. The molecule has 0 N–H and O–H groups in total. The van der Waals surface area contributed by atoms with Gasteiger partial charge in [-0.25, -0.2) is 4.90 Å². The highest BCUT2D eigenvalue weighted by atomic mass is 16.5. The quantitative estimate of drug-likeness (QED) is 0.719. The molecule has 2 aromatic rings. The zero-order chi connectivity index (χ0) is 21.4. The van der Waals surface area contributed by atoms with Gasteiger partial charge in [0.1, 0.15) is 5.75 Å². The monoisotopic (exact) mass is 404 g/mol. The Morgan fingerprint density at radius 2 is 1.50 bits per heavy atom. The molecule has 0 unspecified atom stereocenters. The van der Waals surface area contributed by atoms with Crippen LogP contribution in [-0.4, -0.2) is 29.7 Å². The molecule has 154 valence electrons. The number of carbonyl (C=O) groups is 3. The van der Waals surface area contributed by atoms with Crippen LogP contribution in [0.3, 0.4) is 0 Å². The Morgan fingerprint density at radius 1 is 0.900 bits per heavy atom. The molecule has 3 aliphatic heterocycles. The number of para-hydroxylation sites is 1. The molecule has 4 atom stereocenters. The predicted octanol–water partition coefficient (Wildman–Crippen LogP) is 3.49. The Labute approximate surface area is 175 Å². The van der Waals surface area contributed by atoms with E-state index >= 15 is 0 Å². The highest BCUT2D eigenvalue weighted by Crippen LogP contribution is 2.63. The Kier molecular flexibility index (Phi) is 3.88. The number of imide groups is 1. The van der Waals surface area contributed by atoms with Crippen molar-refractivity contribution < 1.29 is 19.1 Å². The van der Waals surface area contributed by atoms with Gasteiger partial charge in [-0.15, -0.1) is 0 Å². The van der Waals surface area contributed by atoms with Crippen molar-refractivity contribution in [3.8, 4) is 5.75 Å². The Hall–Kier alpha value is -3.15. The van der Waals surface area contributed by atoms with Gasteiger partial charge in [-0.3, -0.25) is 14.4 Å². The van der Waals surface area contributed by atoms with E-state index in [1.54, 1.807) is 24.1 Å². The van der Waals surface area contributed by atoms with E-state index < -0.39 is 29.3 Å². The lowest BCUT2D eigenvalue weighted by Crippen LogP contribution is -2.42. The van der Waals surface area contributed by atoms with Crippen LogP contribution in [-0.2, 0) is 14.4 Å². The molecule has 2 bridgehead atoms. The minimum atomic E-state index is -0.619. The number of ether oxygens (including phenoxy) is 1. The second-order valence-electron chi connectivity index (χ2n) is 9.25. The van der Waals surface area contributed by atoms with E-state index in [1.807, 2.05) is 57.2 Å². The summed E-state index contributed by atoms with van der Waals surface area (Å²) in [5.74, 6) is -0.962. The Bertz CT molecular complexity index is 1070. The molecule has 2 fully saturated rings. The summed E-state index contributed by atoms with van der Waals surface area (Å²) in [4.78, 5) is 43.5. The highest BCUT2D eigenvalue weighted by molar-refractivity contribution is 6.23. The fourth-order valence-electron chi connectivity index (χ4n) is 5.26. The predicted molar refractivity (Wildman–Crippen MR) is 111 cm³/mol. The zero-order valence-corrected chi connectivity index (χ0v) is 17.5. The number of amides is 3. The standard InChI is InChI=1S/C24H24N2O4/c1-24(2,3)23(29)26-19-15-11-10-14(30-4)12-16(15)20(26)18-17(19)21(27)25(22(18)28)13-8-6-5-7-9-13/h5-12,17-20H,1-4H3/t17-,18+,19+,20+/m1/s1. The number of benzene rings is 2. The molecule has 6 heteroatoms. The number of hydrogen-bond donors (Lipinski definition) is 0. The summed E-state index contributed by atoms with van der Waals surface area (Å²) in [5.41, 5.74) is 1.81. The first-order valence-corrected chi connectivity index (χ1v) is 10.2. The van der Waals surface area contributed by atoms with Gasteiger partial charge in [-0.05, 0) is 35.4 Å². The van der Waals surface area contributed by atoms with Crippen LogP contribution in [0.2, 0.25) is 0 Å². The van der Waals surface area contributed by atoms with Crippen LogP contribution >= 0.6 is 0 Å². The number of anilines is 1. The lowest BCUT2D eigenvalue weighted by molar-refractivity contribution is -0.143. The number of fused-ring (bicyclic) bond motifs is 8. The first kappa shape index (κ1) is 18.9. The molecule has 5 rings (SSSR count). The van der Waals surface area contributed by atoms with Crippen molar-refractivity contribution in [2.24, 2.45) is 17.3 Å². The molecule has 3 amide bonds. The second kappa shape index (κ2) is 6.17. The summed E-state index contributed by atoms with van der Waals surface area (Å²) in [6.07, 6.45) is 0. The van der Waals surface area contributed by atoms with Crippen molar-refractivity contribution in [1.82, 2.24) is 4.90 Å². The van der Waals surface area contributed by atoms with Crippen molar-refractivity contribution in [1.29, 1.82) is 0 Å². The zero-order valence-electron chi connectivity index (χ0n) is 17.5. The number of methoxy groups -OCH3 is 1. The lowest BCUT2D eigenvalue weighted by Gasteiger charge is -2.32. The van der Waals surface area contributed by atoms with Crippen LogP contribution in [0.1, 0.15) is 44.0 Å². The van der Waals surface area contributed by atoms with Crippen LogP contribution < -0.4 is 9.64 Å². The van der Waals surface area contributed by atoms with Crippen molar-refractivity contribution in [3.05, 3.63) is 59.7 Å². The van der Waals surface area contributed by atoms with Gasteiger partial charge in [-0.1, -0.05) is 45.0 Å². The van der Waals surface area contributed by atoms with Crippen molar-refractivity contribution in [3.63, 3.8) is 0 Å². The van der Waals surface area contributed by atoms with Crippen molar-refractivity contribution >= 4 is 23.4 Å². The van der Waals surface area contributed by atoms with Gasteiger partial charge < -0.3 is 9.64 Å². The van der Waals surface area contributed by atoms with Gasteiger partial charge in [0, 0.05) is 5.41 Å². The summed E-state index contributed by atoms with van der Waals surface area (Å²) in [6, 6.07) is 13.8. The minimum Gasteiger partial charge on any atom is -0.497 e. The molecular weight excluding hydrogens is 380 g/mol. The van der Waals surface area contributed by atoms with Gasteiger partial charge in [-0.2, -0.15) is 0 Å². The summed E-state index contributed by atoms with van der Waals surface area (Å²) < 4.78 is 5.39. The van der Waals surface area contributed by atoms with E-state index in [0.29, 0.717) is 11.4 Å². The second-order valence-corrected chi connectivity index (χ2v) is 9.25. The van der Waals surface area contributed by atoms with Gasteiger partial charge in [0.15, 0.2) is 0 Å². The topological polar surface area (TPSA) is 66.9 Å². The van der Waals surface area contributed by atoms with Crippen molar-refractivity contribution in [2.45, 2.75) is 32.9 Å². The number of carbonyl (C=O) groups excluding carboxylic acids is 3. The first-order chi connectivity index (χ1) is 14.3. The Balaban J connectivity index is 1.65. The fourth-order valence-corrected chi connectivity index (χ4v) is 5.26. The van der Waals surface area contributed by atoms with Crippen molar-refractivity contribution in [2.75, 3.05) is 12.0 Å². The van der Waals surface area contributed by atoms with Crippen LogP contribution in [0.15, 0.2) is 48.5 Å². The molecule has 2 aromatic carbocycles. The maximum atomic E-state index is 13.5. The molecule has 30 heavy (non-hydrogen) atoms. The third-order valence-electron chi connectivity index (χ3n) is 6.50. The molecule has 3 aliphatic rings. The number of rotatable bonds is 2. The molecule has 3 heterocycles. The van der Waals surface area contributed by atoms with Gasteiger partial charge in [0.05, 0.1) is 36.7 Å². The third kappa shape index (κ3) is 2.33. The van der Waals surface area contributed by atoms with Gasteiger partial charge in [0.2, 0.25) is 17.7 Å². The van der Waals surface area contributed by atoms with Crippen LogP contribution in [0, 0.1) is 17.3 Å². The summed E-state index contributed by atoms with van der Waals surface area (Å²) in [7, 11) is 1.59. The van der Waals surface area contributed by atoms with E-state index in [0.717, 1.165) is 11.1 Å². The normalized spacial score (nSPS) is 26.8. The highest BCUT2D eigenvalue weighted by Gasteiger charge is 2.68. The van der Waals surface area contributed by atoms with Crippen LogP contribution in [0.25, 0.3) is 0 Å². The molecule has 6 nitrogen and oxygen atoms in total. The Morgan fingerprint density at radius 3 is 2.07 bits per heavy atom. The smallest absolute Gasteiger partial charge is 0.240 e. The van der Waals surface area contributed by atoms with Crippen LogP contribution in [0.4, 0.5) is 5.69 Å². The summed E-state index contributed by atoms with van der Waals surface area (Å²) in [5, 5.41) is 0. The van der Waals surface area contributed by atoms with E-state index in [9.17, 15) is 14.4 Å². The average Bonchev–Trinajstić information content (AvgIpc) is 3.32.